The first kappa shape index (κ1) is 63.2. The Labute approximate surface area is 216 Å². The maximum atomic E-state index is 11.1. The minimum atomic E-state index is -3.01. The Bertz CT molecular complexity index is 260. The molecule has 0 amide bonds. The predicted octanol–water partition coefficient (Wildman–Crippen LogP) is 10.5. The van der Waals surface area contributed by atoms with Gasteiger partial charge in [0.2, 0.25) is 0 Å². The van der Waals surface area contributed by atoms with E-state index in [4.69, 9.17) is 6.15 Å². The van der Waals surface area contributed by atoms with E-state index in [9.17, 15) is 4.79 Å². The molecule has 4 heteroatoms. The zero-order valence-electron chi connectivity index (χ0n) is 23.2. The molecular weight excluding hydrogens is 515 g/mol. The van der Waals surface area contributed by atoms with Crippen molar-refractivity contribution in [2.24, 2.45) is 0 Å². The number of carbonyl (C=O) groups excluding carboxylic acids is 1. The molecule has 0 aliphatic carbocycles. The van der Waals surface area contributed by atoms with Gasteiger partial charge in [0.05, 0.1) is 0 Å². The van der Waals surface area contributed by atoms with E-state index >= 15 is 0 Å². The maximum absolute atomic E-state index is 11.1. The van der Waals surface area contributed by atoms with Crippen molar-refractivity contribution >= 4 is 25.2 Å². The Kier molecular flexibility index (Phi) is 216. The van der Waals surface area contributed by atoms with Crippen molar-refractivity contribution in [1.29, 1.82) is 0 Å². The molecule has 0 unspecified atom stereocenters. The fourth-order valence-electron chi connectivity index (χ4n) is 1.63. The first-order valence-corrected chi connectivity index (χ1v) is 16.7. The van der Waals surface area contributed by atoms with Crippen LogP contribution in [0, 0.1) is 0 Å². The molecular formula is C29H60O3Sn. The van der Waals surface area contributed by atoms with Gasteiger partial charge in [-0.05, 0) is 0 Å². The SMILES string of the molecule is C=C.C=C.C=C.C=C.C=C.C=C.C=C.C=C.C=C.CCC[CH2][Sn]([CH2]CCC)([O]C)[O]C(C)=O. The third kappa shape index (κ3) is 92.1. The van der Waals surface area contributed by atoms with Crippen LogP contribution >= 0.6 is 0 Å². The van der Waals surface area contributed by atoms with Crippen LogP contribution in [0.2, 0.25) is 8.87 Å². The van der Waals surface area contributed by atoms with Gasteiger partial charge >= 0.3 is 98.6 Å². The van der Waals surface area contributed by atoms with E-state index in [1.165, 1.54) is 6.92 Å². The van der Waals surface area contributed by atoms with Crippen molar-refractivity contribution in [2.75, 3.05) is 7.11 Å². The van der Waals surface area contributed by atoms with Gasteiger partial charge in [-0.25, -0.2) is 0 Å². The van der Waals surface area contributed by atoms with Gasteiger partial charge in [-0.3, -0.25) is 0 Å². The Balaban J connectivity index is -0.0000000307. The number of hydrogen-bond acceptors (Lipinski definition) is 3. The van der Waals surface area contributed by atoms with Crippen LogP contribution in [0.1, 0.15) is 46.5 Å². The predicted molar refractivity (Wildman–Crippen MR) is 165 cm³/mol. The second-order valence-corrected chi connectivity index (χ2v) is 13.7. The summed E-state index contributed by atoms with van der Waals surface area (Å²) in [6, 6.07) is 0. The van der Waals surface area contributed by atoms with Crippen molar-refractivity contribution in [1.82, 2.24) is 0 Å². The van der Waals surface area contributed by atoms with Crippen LogP contribution in [-0.4, -0.2) is 32.3 Å². The topological polar surface area (TPSA) is 35.5 Å². The van der Waals surface area contributed by atoms with Gasteiger partial charge in [0, 0.05) is 0 Å². The number of rotatable bonds is 8. The average molecular weight is 576 g/mol. The zero-order valence-corrected chi connectivity index (χ0v) is 26.0. The van der Waals surface area contributed by atoms with Crippen LogP contribution in [0.25, 0.3) is 0 Å². The summed E-state index contributed by atoms with van der Waals surface area (Å²) < 4.78 is 13.2. The molecule has 0 aromatic carbocycles. The van der Waals surface area contributed by atoms with Crippen LogP contribution in [0.5, 0.6) is 0 Å². The summed E-state index contributed by atoms with van der Waals surface area (Å²) in [5.41, 5.74) is 0. The van der Waals surface area contributed by atoms with E-state index in [0.717, 1.165) is 34.6 Å². The first-order valence-electron chi connectivity index (χ1n) is 10.3. The summed E-state index contributed by atoms with van der Waals surface area (Å²) in [5.74, 6) is -0.167. The molecule has 0 saturated carbocycles. The van der Waals surface area contributed by atoms with E-state index in [1.807, 2.05) is 0 Å². The molecule has 0 fully saturated rings. The molecule has 33 heavy (non-hydrogen) atoms. The molecule has 0 aromatic rings. The summed E-state index contributed by atoms with van der Waals surface area (Å²) in [6.07, 6.45) is 4.49. The summed E-state index contributed by atoms with van der Waals surface area (Å²) in [6.45, 7) is 59.8. The second kappa shape index (κ2) is 113. The monoisotopic (exact) mass is 576 g/mol. The van der Waals surface area contributed by atoms with E-state index < -0.39 is 19.2 Å². The molecule has 0 N–H and O–H groups in total. The number of carbonyl (C=O) groups is 1. The van der Waals surface area contributed by atoms with Crippen molar-refractivity contribution < 1.29 is 10.9 Å². The van der Waals surface area contributed by atoms with Gasteiger partial charge in [0.15, 0.2) is 0 Å². The Morgan fingerprint density at radius 2 is 0.788 bits per heavy atom. The molecule has 198 valence electrons. The third-order valence-electron chi connectivity index (χ3n) is 2.52. The standard InChI is InChI=1S/2C4H9.C2H4O2.9C2H4.CH3O.Sn/c2*1-3-4-2;1-2(3)4;10*1-2;/h2*1,3-4H2,2H3;1H3,(H,3,4);9*1-2H2;1H3;/q;;;;;;;;;;;;-1;+2/p-1. The number of unbranched alkanes of at least 4 members (excludes halogenated alkanes) is 2. The summed E-state index contributed by atoms with van der Waals surface area (Å²) in [4.78, 5) is 11.1. The molecule has 0 atom stereocenters. The summed E-state index contributed by atoms with van der Waals surface area (Å²) in [5, 5.41) is 0. The van der Waals surface area contributed by atoms with Crippen molar-refractivity contribution in [3.05, 3.63) is 118 Å². The number of hydrogen-bond donors (Lipinski definition) is 0. The van der Waals surface area contributed by atoms with Crippen LogP contribution in [0.3, 0.4) is 0 Å². The molecule has 0 aliphatic rings. The van der Waals surface area contributed by atoms with Gasteiger partial charge < -0.3 is 0 Å². The van der Waals surface area contributed by atoms with Gasteiger partial charge in [0.1, 0.15) is 0 Å². The zero-order chi connectivity index (χ0) is 29.7. The molecule has 0 bridgehead atoms. The Hall–Kier alpha value is -2.11. The Morgan fingerprint density at radius 1 is 0.576 bits per heavy atom. The van der Waals surface area contributed by atoms with E-state index in [-0.39, 0.29) is 5.97 Å². The summed E-state index contributed by atoms with van der Waals surface area (Å²) >= 11 is -3.01. The molecule has 0 aliphatic heterocycles. The Morgan fingerprint density at radius 3 is 0.909 bits per heavy atom. The molecule has 0 saturated heterocycles. The van der Waals surface area contributed by atoms with Crippen molar-refractivity contribution in [3.63, 3.8) is 0 Å². The van der Waals surface area contributed by atoms with Crippen LogP contribution in [0.15, 0.2) is 118 Å². The summed E-state index contributed by atoms with van der Waals surface area (Å²) in [7, 11) is 1.71. The quantitative estimate of drug-likeness (QED) is 0.213. The van der Waals surface area contributed by atoms with E-state index in [2.05, 4.69) is 132 Å². The average Bonchev–Trinajstić information content (AvgIpc) is 2.95. The third-order valence-corrected chi connectivity index (χ3v) is 12.9. The van der Waals surface area contributed by atoms with E-state index in [1.54, 1.807) is 7.11 Å². The minimum absolute atomic E-state index is 0.167. The van der Waals surface area contributed by atoms with Crippen LogP contribution in [0.4, 0.5) is 0 Å². The normalized spacial score (nSPS) is 6.30. The van der Waals surface area contributed by atoms with Crippen LogP contribution in [-0.2, 0) is 10.9 Å². The molecule has 3 nitrogen and oxygen atoms in total. The fourth-order valence-corrected chi connectivity index (χ4v) is 10.9. The molecule has 0 rings (SSSR count). The van der Waals surface area contributed by atoms with Gasteiger partial charge in [-0.2, -0.15) is 0 Å². The van der Waals surface area contributed by atoms with Gasteiger partial charge in [-0.1, -0.05) is 0 Å². The van der Waals surface area contributed by atoms with Crippen molar-refractivity contribution in [2.45, 2.75) is 55.3 Å². The molecule has 0 aromatic heterocycles. The van der Waals surface area contributed by atoms with Gasteiger partial charge in [0.25, 0.3) is 0 Å². The first-order chi connectivity index (χ1) is 16.1. The molecule has 0 radical (unpaired) electrons. The van der Waals surface area contributed by atoms with Crippen molar-refractivity contribution in [3.8, 4) is 0 Å². The molecule has 0 spiro atoms. The molecule has 0 heterocycles. The van der Waals surface area contributed by atoms with E-state index in [0.29, 0.717) is 0 Å². The fraction of sp³-hybridized carbons (Fsp3) is 0.345. The van der Waals surface area contributed by atoms with Gasteiger partial charge in [-0.15, -0.1) is 118 Å². The second-order valence-electron chi connectivity index (χ2n) is 3.92. The van der Waals surface area contributed by atoms with Crippen LogP contribution < -0.4 is 0 Å².